The molecule has 1 heterocycles. The molecule has 1 unspecified atom stereocenters. The predicted molar refractivity (Wildman–Crippen MR) is 84.7 cm³/mol. The molecule has 1 saturated heterocycles. The number of carbonyl (C=O) groups is 1. The Morgan fingerprint density at radius 2 is 1.86 bits per heavy atom. The largest absolute Gasteiger partial charge is 0.480 e. The quantitative estimate of drug-likeness (QED) is 0.852. The van der Waals surface area contributed by atoms with Gasteiger partial charge in [0.25, 0.3) is 0 Å². The zero-order valence-corrected chi connectivity index (χ0v) is 12.8. The molecule has 2 rings (SSSR count). The maximum atomic E-state index is 11.0. The Morgan fingerprint density at radius 1 is 1.24 bits per heavy atom. The number of anilines is 1. The van der Waals surface area contributed by atoms with Crippen LogP contribution in [0.2, 0.25) is 0 Å². The van der Waals surface area contributed by atoms with Crippen LogP contribution in [0.25, 0.3) is 0 Å². The number of para-hydroxylation sites is 1. The van der Waals surface area contributed by atoms with Crippen molar-refractivity contribution >= 4 is 11.7 Å². The van der Waals surface area contributed by atoms with E-state index >= 15 is 0 Å². The van der Waals surface area contributed by atoms with Crippen molar-refractivity contribution in [3.05, 3.63) is 29.8 Å². The van der Waals surface area contributed by atoms with E-state index in [1.165, 1.54) is 0 Å². The summed E-state index contributed by atoms with van der Waals surface area (Å²) >= 11 is 0. The van der Waals surface area contributed by atoms with Gasteiger partial charge < -0.3 is 15.7 Å². The van der Waals surface area contributed by atoms with E-state index in [0.29, 0.717) is 12.5 Å². The van der Waals surface area contributed by atoms with Crippen LogP contribution in [0.4, 0.5) is 5.69 Å². The van der Waals surface area contributed by atoms with Crippen LogP contribution in [0.15, 0.2) is 24.3 Å². The minimum atomic E-state index is -0.950. The van der Waals surface area contributed by atoms with Gasteiger partial charge in [0.1, 0.15) is 6.04 Å². The van der Waals surface area contributed by atoms with Crippen molar-refractivity contribution in [2.75, 3.05) is 31.1 Å². The molecule has 21 heavy (non-hydrogen) atoms. The van der Waals surface area contributed by atoms with Crippen molar-refractivity contribution in [3.8, 4) is 0 Å². The molecule has 1 aliphatic heterocycles. The van der Waals surface area contributed by atoms with Gasteiger partial charge in [0.05, 0.1) is 0 Å². The summed E-state index contributed by atoms with van der Waals surface area (Å²) in [5, 5.41) is 9.00. The number of rotatable bonds is 5. The van der Waals surface area contributed by atoms with Gasteiger partial charge in [0.2, 0.25) is 0 Å². The first-order valence-corrected chi connectivity index (χ1v) is 7.54. The smallest absolute Gasteiger partial charge is 0.320 e. The molecule has 5 nitrogen and oxygen atoms in total. The molecule has 0 aromatic heterocycles. The molecule has 0 bridgehead atoms. The van der Waals surface area contributed by atoms with Gasteiger partial charge in [0.15, 0.2) is 0 Å². The van der Waals surface area contributed by atoms with Crippen molar-refractivity contribution in [1.82, 2.24) is 4.90 Å². The molecule has 1 fully saturated rings. The molecule has 5 heteroatoms. The fourth-order valence-corrected chi connectivity index (χ4v) is 2.80. The number of carboxylic acids is 1. The molecular weight excluding hydrogens is 266 g/mol. The summed E-state index contributed by atoms with van der Waals surface area (Å²) in [5.74, 6) is -0.950. The lowest BCUT2D eigenvalue weighted by atomic mass is 10.0. The average molecular weight is 291 g/mol. The number of nitrogens with zero attached hydrogens (tertiary/aromatic N) is 2. The number of hydrogen-bond acceptors (Lipinski definition) is 4. The maximum Gasteiger partial charge on any atom is 0.320 e. The summed E-state index contributed by atoms with van der Waals surface area (Å²) in [4.78, 5) is 15.8. The number of carboxylic acid groups (broad SMARTS) is 1. The van der Waals surface area contributed by atoms with Crippen molar-refractivity contribution in [3.63, 3.8) is 0 Å². The molecule has 1 atom stereocenters. The predicted octanol–water partition coefficient (Wildman–Crippen LogP) is 1.17. The van der Waals surface area contributed by atoms with Gasteiger partial charge in [-0.3, -0.25) is 9.69 Å². The highest BCUT2D eigenvalue weighted by Gasteiger charge is 2.22. The summed E-state index contributed by atoms with van der Waals surface area (Å²) in [6.07, 6.45) is 0.371. The van der Waals surface area contributed by atoms with Crippen LogP contribution in [-0.2, 0) is 11.2 Å². The fourth-order valence-electron chi connectivity index (χ4n) is 2.80. The third kappa shape index (κ3) is 3.95. The van der Waals surface area contributed by atoms with Crippen LogP contribution < -0.4 is 10.6 Å². The van der Waals surface area contributed by atoms with Crippen LogP contribution in [0.5, 0.6) is 0 Å². The second-order valence-electron chi connectivity index (χ2n) is 5.89. The van der Waals surface area contributed by atoms with E-state index < -0.39 is 12.0 Å². The summed E-state index contributed by atoms with van der Waals surface area (Å²) in [6.45, 7) is 8.45. The van der Waals surface area contributed by atoms with Gasteiger partial charge in [-0.1, -0.05) is 18.2 Å². The van der Waals surface area contributed by atoms with Crippen molar-refractivity contribution in [2.24, 2.45) is 5.73 Å². The molecule has 1 aromatic carbocycles. The van der Waals surface area contributed by atoms with Gasteiger partial charge in [-0.05, 0) is 25.5 Å². The third-order valence-electron chi connectivity index (χ3n) is 4.13. The second kappa shape index (κ2) is 6.91. The zero-order valence-electron chi connectivity index (χ0n) is 12.8. The van der Waals surface area contributed by atoms with Gasteiger partial charge in [-0.2, -0.15) is 0 Å². The standard InChI is InChI=1S/C16H25N3O2/c1-12(2)18-7-9-19(10-8-18)15-6-4-3-5-13(15)11-14(17)16(20)21/h3-6,12,14H,7-11,17H2,1-2H3,(H,20,21). The molecule has 1 aromatic rings. The first kappa shape index (κ1) is 15.8. The van der Waals surface area contributed by atoms with E-state index in [0.717, 1.165) is 37.4 Å². The van der Waals surface area contributed by atoms with Gasteiger partial charge in [-0.15, -0.1) is 0 Å². The van der Waals surface area contributed by atoms with Crippen LogP contribution in [0, 0.1) is 0 Å². The molecule has 3 N–H and O–H groups in total. The Morgan fingerprint density at radius 3 is 2.43 bits per heavy atom. The van der Waals surface area contributed by atoms with E-state index in [-0.39, 0.29) is 0 Å². The second-order valence-corrected chi connectivity index (χ2v) is 5.89. The number of hydrogen-bond donors (Lipinski definition) is 2. The Labute approximate surface area is 126 Å². The highest BCUT2D eigenvalue weighted by Crippen LogP contribution is 2.23. The first-order valence-electron chi connectivity index (χ1n) is 7.54. The van der Waals surface area contributed by atoms with Gasteiger partial charge >= 0.3 is 5.97 Å². The number of aliphatic carboxylic acids is 1. The summed E-state index contributed by atoms with van der Waals surface area (Å²) in [5.41, 5.74) is 7.82. The average Bonchev–Trinajstić information content (AvgIpc) is 2.47. The normalized spacial score (nSPS) is 18.0. The van der Waals surface area contributed by atoms with Crippen molar-refractivity contribution in [1.29, 1.82) is 0 Å². The Kier molecular flexibility index (Phi) is 5.20. The van der Waals surface area contributed by atoms with Gasteiger partial charge in [0, 0.05) is 44.3 Å². The Hall–Kier alpha value is -1.59. The minimum Gasteiger partial charge on any atom is -0.480 e. The first-order chi connectivity index (χ1) is 9.99. The summed E-state index contributed by atoms with van der Waals surface area (Å²) < 4.78 is 0. The highest BCUT2D eigenvalue weighted by molar-refractivity contribution is 5.74. The van der Waals surface area contributed by atoms with E-state index in [1.807, 2.05) is 18.2 Å². The molecule has 0 aliphatic carbocycles. The molecule has 0 saturated carbocycles. The lowest BCUT2D eigenvalue weighted by molar-refractivity contribution is -0.138. The number of nitrogens with two attached hydrogens (primary N) is 1. The number of benzene rings is 1. The lowest BCUT2D eigenvalue weighted by Crippen LogP contribution is -2.49. The highest BCUT2D eigenvalue weighted by atomic mass is 16.4. The van der Waals surface area contributed by atoms with E-state index in [4.69, 9.17) is 10.8 Å². The van der Waals surface area contributed by atoms with Crippen molar-refractivity contribution in [2.45, 2.75) is 32.4 Å². The Bertz CT molecular complexity index is 482. The zero-order chi connectivity index (χ0) is 15.4. The molecular formula is C16H25N3O2. The molecule has 116 valence electrons. The molecule has 0 spiro atoms. The van der Waals surface area contributed by atoms with Crippen LogP contribution in [-0.4, -0.2) is 54.2 Å². The van der Waals surface area contributed by atoms with Crippen molar-refractivity contribution < 1.29 is 9.90 Å². The van der Waals surface area contributed by atoms with Crippen LogP contribution in [0.1, 0.15) is 19.4 Å². The summed E-state index contributed by atoms with van der Waals surface area (Å²) in [6, 6.07) is 7.71. The van der Waals surface area contributed by atoms with Crippen LogP contribution >= 0.6 is 0 Å². The number of piperazine rings is 1. The SMILES string of the molecule is CC(C)N1CCN(c2ccccc2CC(N)C(=O)O)CC1. The third-order valence-corrected chi connectivity index (χ3v) is 4.13. The van der Waals surface area contributed by atoms with E-state index in [2.05, 4.69) is 29.7 Å². The Balaban J connectivity index is 2.08. The minimum absolute atomic E-state index is 0.371. The van der Waals surface area contributed by atoms with Crippen LogP contribution in [0.3, 0.4) is 0 Å². The van der Waals surface area contributed by atoms with Gasteiger partial charge in [-0.25, -0.2) is 0 Å². The van der Waals surface area contributed by atoms with E-state index in [1.54, 1.807) is 0 Å². The van der Waals surface area contributed by atoms with E-state index in [9.17, 15) is 4.79 Å². The topological polar surface area (TPSA) is 69.8 Å². The molecule has 1 aliphatic rings. The molecule has 0 amide bonds. The lowest BCUT2D eigenvalue weighted by Gasteiger charge is -2.39. The molecule has 0 radical (unpaired) electrons. The fraction of sp³-hybridized carbons (Fsp3) is 0.562. The summed E-state index contributed by atoms with van der Waals surface area (Å²) in [7, 11) is 0. The monoisotopic (exact) mass is 291 g/mol. The maximum absolute atomic E-state index is 11.0.